The van der Waals surface area contributed by atoms with Crippen molar-refractivity contribution in [3.8, 4) is 0 Å². The first-order valence-electron chi connectivity index (χ1n) is 13.7. The van der Waals surface area contributed by atoms with Crippen molar-refractivity contribution in [1.29, 1.82) is 0 Å². The molecule has 0 radical (unpaired) electrons. The van der Waals surface area contributed by atoms with Gasteiger partial charge in [-0.1, -0.05) is 55.5 Å². The first kappa shape index (κ1) is 32.7. The van der Waals surface area contributed by atoms with E-state index in [4.69, 9.17) is 0 Å². The van der Waals surface area contributed by atoms with Crippen LogP contribution in [0.2, 0.25) is 0 Å². The minimum absolute atomic E-state index is 0.00368. The molecule has 0 aliphatic heterocycles. The molecule has 11 heteroatoms. The fourth-order valence-electron chi connectivity index (χ4n) is 4.45. The number of rotatable bonds is 14. The van der Waals surface area contributed by atoms with Crippen LogP contribution in [-0.4, -0.2) is 50.0 Å². The summed E-state index contributed by atoms with van der Waals surface area (Å²) in [6, 6.07) is 16.7. The summed E-state index contributed by atoms with van der Waals surface area (Å²) in [4.78, 5) is 28.6. The van der Waals surface area contributed by atoms with Crippen molar-refractivity contribution in [2.75, 3.05) is 17.1 Å². The van der Waals surface area contributed by atoms with Gasteiger partial charge in [-0.3, -0.25) is 13.9 Å². The van der Waals surface area contributed by atoms with Gasteiger partial charge in [-0.05, 0) is 43.5 Å². The Hall–Kier alpha value is -3.86. The quantitative estimate of drug-likeness (QED) is 0.274. The number of carbonyl (C=O) groups is 2. The van der Waals surface area contributed by atoms with Gasteiger partial charge in [0.2, 0.25) is 21.8 Å². The maximum Gasteiger partial charge on any atom is 0.243 e. The van der Waals surface area contributed by atoms with Crippen molar-refractivity contribution < 1.29 is 31.2 Å². The van der Waals surface area contributed by atoms with Crippen LogP contribution in [-0.2, 0) is 32.6 Å². The van der Waals surface area contributed by atoms with Gasteiger partial charge in [-0.15, -0.1) is 0 Å². The van der Waals surface area contributed by atoms with Gasteiger partial charge in [-0.25, -0.2) is 21.6 Å². The van der Waals surface area contributed by atoms with Crippen LogP contribution in [0.5, 0.6) is 0 Å². The Bertz CT molecular complexity index is 1470. The second-order valence-electron chi connectivity index (χ2n) is 10.2. The monoisotopic (exact) mass is 603 g/mol. The maximum atomic E-state index is 14.7. The third kappa shape index (κ3) is 9.07. The van der Waals surface area contributed by atoms with Crippen LogP contribution >= 0.6 is 0 Å². The van der Waals surface area contributed by atoms with E-state index in [1.54, 1.807) is 6.07 Å². The van der Waals surface area contributed by atoms with Gasteiger partial charge in [0.25, 0.3) is 0 Å². The molecule has 0 aromatic heterocycles. The average Bonchev–Trinajstić information content (AvgIpc) is 2.95. The lowest BCUT2D eigenvalue weighted by atomic mass is 10.0. The minimum atomic E-state index is -3.90. The topological polar surface area (TPSA) is 86.8 Å². The molecule has 0 saturated carbocycles. The van der Waals surface area contributed by atoms with Gasteiger partial charge in [0, 0.05) is 43.6 Å². The zero-order valence-corrected chi connectivity index (χ0v) is 24.7. The highest BCUT2D eigenvalue weighted by Crippen LogP contribution is 2.22. The molecule has 3 aromatic carbocycles. The molecule has 7 nitrogen and oxygen atoms in total. The Labute approximate surface area is 245 Å². The number of benzene rings is 3. The SMILES string of the molecule is CC[C@@H](C)NC(=O)[C@H](Cc1ccccc1)N(Cc1ccccc1F)C(=O)CCCN(c1ccc(F)c(F)c1)S(C)(=O)=O. The second-order valence-corrected chi connectivity index (χ2v) is 12.1. The predicted molar refractivity (Wildman–Crippen MR) is 157 cm³/mol. The van der Waals surface area contributed by atoms with Gasteiger partial charge in [0.1, 0.15) is 11.9 Å². The lowest BCUT2D eigenvalue weighted by Gasteiger charge is -2.32. The smallest absolute Gasteiger partial charge is 0.243 e. The number of hydrogen-bond donors (Lipinski definition) is 1. The van der Waals surface area contributed by atoms with E-state index in [0.29, 0.717) is 6.42 Å². The molecule has 0 spiro atoms. The zero-order valence-electron chi connectivity index (χ0n) is 23.9. The van der Waals surface area contributed by atoms with Crippen molar-refractivity contribution in [3.05, 3.63) is 101 Å². The van der Waals surface area contributed by atoms with Crippen LogP contribution in [0.4, 0.5) is 18.9 Å². The summed E-state index contributed by atoms with van der Waals surface area (Å²) in [7, 11) is -3.90. The van der Waals surface area contributed by atoms with E-state index in [0.717, 1.165) is 34.3 Å². The van der Waals surface area contributed by atoms with Crippen LogP contribution in [0.3, 0.4) is 0 Å². The lowest BCUT2D eigenvalue weighted by molar-refractivity contribution is -0.141. The summed E-state index contributed by atoms with van der Waals surface area (Å²) in [6.45, 7) is 3.37. The number of sulfonamides is 1. The van der Waals surface area contributed by atoms with Crippen LogP contribution in [0.15, 0.2) is 72.8 Å². The third-order valence-corrected chi connectivity index (χ3v) is 8.11. The Balaban J connectivity index is 1.91. The van der Waals surface area contributed by atoms with Gasteiger partial charge < -0.3 is 10.2 Å². The predicted octanol–water partition coefficient (Wildman–Crippen LogP) is 5.20. The molecule has 226 valence electrons. The van der Waals surface area contributed by atoms with E-state index in [-0.39, 0.29) is 49.6 Å². The van der Waals surface area contributed by atoms with E-state index in [9.17, 15) is 31.2 Å². The summed E-state index contributed by atoms with van der Waals surface area (Å²) in [5, 5.41) is 2.93. The molecule has 0 saturated heterocycles. The normalized spacial score (nSPS) is 12.8. The van der Waals surface area contributed by atoms with Crippen LogP contribution in [0.1, 0.15) is 44.2 Å². The number of nitrogens with one attached hydrogen (secondary N) is 1. The molecule has 0 fully saturated rings. The molecule has 3 rings (SSSR count). The molecule has 2 atom stereocenters. The Morgan fingerprint density at radius 2 is 1.57 bits per heavy atom. The fraction of sp³-hybridized carbons (Fsp3) is 0.355. The molecular formula is C31H36F3N3O4S. The summed E-state index contributed by atoms with van der Waals surface area (Å²) < 4.78 is 67.9. The highest BCUT2D eigenvalue weighted by molar-refractivity contribution is 7.92. The number of anilines is 1. The van der Waals surface area contributed by atoms with E-state index in [1.807, 2.05) is 44.2 Å². The molecule has 0 aliphatic carbocycles. The lowest BCUT2D eigenvalue weighted by Crippen LogP contribution is -2.52. The Morgan fingerprint density at radius 1 is 0.905 bits per heavy atom. The molecule has 0 aliphatic rings. The molecule has 42 heavy (non-hydrogen) atoms. The van der Waals surface area contributed by atoms with Gasteiger partial charge in [-0.2, -0.15) is 0 Å². The maximum absolute atomic E-state index is 14.7. The largest absolute Gasteiger partial charge is 0.352 e. The van der Waals surface area contributed by atoms with Crippen LogP contribution in [0, 0.1) is 17.5 Å². The van der Waals surface area contributed by atoms with E-state index in [2.05, 4.69) is 5.32 Å². The van der Waals surface area contributed by atoms with E-state index in [1.165, 1.54) is 23.1 Å². The van der Waals surface area contributed by atoms with Gasteiger partial charge in [0.05, 0.1) is 11.9 Å². The van der Waals surface area contributed by atoms with Crippen LogP contribution in [0.25, 0.3) is 0 Å². The molecule has 0 unspecified atom stereocenters. The number of nitrogens with zero attached hydrogens (tertiary/aromatic N) is 2. The first-order valence-corrected chi connectivity index (χ1v) is 15.6. The minimum Gasteiger partial charge on any atom is -0.352 e. The van der Waals surface area contributed by atoms with Crippen LogP contribution < -0.4 is 9.62 Å². The first-order chi connectivity index (χ1) is 19.9. The second kappa shape index (κ2) is 14.9. The highest BCUT2D eigenvalue weighted by Gasteiger charge is 2.31. The molecule has 0 heterocycles. The number of carbonyl (C=O) groups excluding carboxylic acids is 2. The number of hydrogen-bond acceptors (Lipinski definition) is 4. The molecule has 1 N–H and O–H groups in total. The fourth-order valence-corrected chi connectivity index (χ4v) is 5.41. The third-order valence-electron chi connectivity index (χ3n) is 6.91. The molecule has 0 bridgehead atoms. The van der Waals surface area contributed by atoms with Crippen molar-refractivity contribution in [1.82, 2.24) is 10.2 Å². The van der Waals surface area contributed by atoms with Gasteiger partial charge in [0.15, 0.2) is 11.6 Å². The zero-order chi connectivity index (χ0) is 30.9. The van der Waals surface area contributed by atoms with E-state index >= 15 is 0 Å². The summed E-state index contributed by atoms with van der Waals surface area (Å²) in [6.07, 6.45) is 1.58. The van der Waals surface area contributed by atoms with Crippen molar-refractivity contribution in [3.63, 3.8) is 0 Å². The summed E-state index contributed by atoms with van der Waals surface area (Å²) >= 11 is 0. The van der Waals surface area contributed by atoms with Crippen molar-refractivity contribution in [2.24, 2.45) is 0 Å². The highest BCUT2D eigenvalue weighted by atomic mass is 32.2. The van der Waals surface area contributed by atoms with Crippen molar-refractivity contribution >= 4 is 27.5 Å². The molecular weight excluding hydrogens is 567 g/mol. The molecule has 2 amide bonds. The Morgan fingerprint density at radius 3 is 2.19 bits per heavy atom. The average molecular weight is 604 g/mol. The number of amides is 2. The van der Waals surface area contributed by atoms with Gasteiger partial charge >= 0.3 is 0 Å². The number of halogens is 3. The standard InChI is InChI=1S/C31H36F3N3O4S/c1-4-22(2)35-31(39)29(19-23-11-6-5-7-12-23)36(21-24-13-8-9-14-26(24)32)30(38)15-10-18-37(42(3,40)41)25-16-17-27(33)28(34)20-25/h5-9,11-14,16-17,20,22,29H,4,10,15,18-19,21H2,1-3H3,(H,35,39)/t22-,29+/m1/s1. The molecule has 3 aromatic rings. The summed E-state index contributed by atoms with van der Waals surface area (Å²) in [5.74, 6) is -3.73. The Kier molecular flexibility index (Phi) is 11.6. The van der Waals surface area contributed by atoms with Crippen molar-refractivity contribution in [2.45, 2.75) is 58.2 Å². The van der Waals surface area contributed by atoms with E-state index < -0.39 is 45.3 Å². The summed E-state index contributed by atoms with van der Waals surface area (Å²) in [5.41, 5.74) is 0.941.